The predicted molar refractivity (Wildman–Crippen MR) is 110 cm³/mol. The summed E-state index contributed by atoms with van der Waals surface area (Å²) in [7, 11) is 0. The molecule has 1 saturated heterocycles. The molecular formula is C21H28FN5O2. The molecule has 8 heteroatoms. The highest BCUT2D eigenvalue weighted by Crippen LogP contribution is 2.21. The van der Waals surface area contributed by atoms with Crippen molar-refractivity contribution in [2.45, 2.75) is 39.4 Å². The van der Waals surface area contributed by atoms with E-state index < -0.39 is 5.82 Å². The van der Waals surface area contributed by atoms with Gasteiger partial charge in [-0.2, -0.15) is 0 Å². The molecule has 2 aliphatic heterocycles. The molecule has 2 heterocycles. The molecule has 2 atom stereocenters. The third-order valence-electron chi connectivity index (χ3n) is 5.39. The summed E-state index contributed by atoms with van der Waals surface area (Å²) in [6.07, 6.45) is 7.22. The number of piperazine rings is 1. The summed E-state index contributed by atoms with van der Waals surface area (Å²) in [6, 6.07) is 4.79. The van der Waals surface area contributed by atoms with Gasteiger partial charge in [-0.05, 0) is 26.0 Å². The Morgan fingerprint density at radius 1 is 1.21 bits per heavy atom. The molecule has 7 nitrogen and oxygen atoms in total. The molecule has 1 aromatic rings. The standard InChI is InChI=1S/C21H28FN5O2/c1-15-7-4-5-10-27(15)21(29)24-23-19-9-6-8-18(20(19)22)14-25-11-12-26(17(3)28)13-16(25)2/h4-10,15-16,23H,11-14H2,1-3H3,(H,24,29)/t15?,16-/m0/s1. The normalized spacial score (nSPS) is 21.9. The molecule has 1 unspecified atom stereocenters. The van der Waals surface area contributed by atoms with Gasteiger partial charge in [-0.25, -0.2) is 9.18 Å². The molecule has 0 bridgehead atoms. The summed E-state index contributed by atoms with van der Waals surface area (Å²) in [5, 5.41) is 0. The first kappa shape index (κ1) is 20.9. The highest BCUT2D eigenvalue weighted by atomic mass is 19.1. The number of anilines is 1. The maximum atomic E-state index is 15.0. The van der Waals surface area contributed by atoms with E-state index in [1.165, 1.54) is 4.90 Å². The zero-order chi connectivity index (χ0) is 21.0. The van der Waals surface area contributed by atoms with Crippen LogP contribution in [0.15, 0.2) is 42.6 Å². The maximum Gasteiger partial charge on any atom is 0.340 e. The highest BCUT2D eigenvalue weighted by Gasteiger charge is 2.26. The van der Waals surface area contributed by atoms with Crippen molar-refractivity contribution in [3.8, 4) is 0 Å². The summed E-state index contributed by atoms with van der Waals surface area (Å²) in [5.41, 5.74) is 6.01. The van der Waals surface area contributed by atoms with Crippen LogP contribution in [-0.4, -0.2) is 58.4 Å². The van der Waals surface area contributed by atoms with Gasteiger partial charge in [0.25, 0.3) is 0 Å². The van der Waals surface area contributed by atoms with Crippen molar-refractivity contribution in [3.05, 3.63) is 54.0 Å². The maximum absolute atomic E-state index is 15.0. The number of nitrogens with zero attached hydrogens (tertiary/aromatic N) is 3. The van der Waals surface area contributed by atoms with Gasteiger partial charge in [0, 0.05) is 50.9 Å². The number of hydrogen-bond acceptors (Lipinski definition) is 4. The molecule has 3 rings (SSSR count). The van der Waals surface area contributed by atoms with Crippen LogP contribution < -0.4 is 10.9 Å². The Morgan fingerprint density at radius 2 is 2.00 bits per heavy atom. The zero-order valence-electron chi connectivity index (χ0n) is 17.1. The number of halogens is 1. The van der Waals surface area contributed by atoms with Gasteiger partial charge in [-0.15, -0.1) is 0 Å². The quantitative estimate of drug-likeness (QED) is 0.762. The second kappa shape index (κ2) is 9.09. The average molecular weight is 401 g/mol. The molecule has 156 valence electrons. The third-order valence-corrected chi connectivity index (χ3v) is 5.39. The van der Waals surface area contributed by atoms with Crippen molar-refractivity contribution in [1.82, 2.24) is 20.1 Å². The number of carbonyl (C=O) groups is 2. The number of allylic oxidation sites excluding steroid dienone is 2. The van der Waals surface area contributed by atoms with E-state index in [2.05, 4.69) is 15.8 Å². The molecule has 1 aromatic carbocycles. The number of nitrogens with one attached hydrogen (secondary N) is 2. The van der Waals surface area contributed by atoms with Crippen LogP contribution in [0.5, 0.6) is 0 Å². The van der Waals surface area contributed by atoms with Crippen molar-refractivity contribution in [2.75, 3.05) is 25.1 Å². The molecule has 0 radical (unpaired) electrons. The Labute approximate surface area is 170 Å². The van der Waals surface area contributed by atoms with E-state index in [0.29, 0.717) is 31.7 Å². The van der Waals surface area contributed by atoms with Crippen LogP contribution >= 0.6 is 0 Å². The minimum atomic E-state index is -0.392. The van der Waals surface area contributed by atoms with E-state index >= 15 is 0 Å². The fourth-order valence-corrected chi connectivity index (χ4v) is 3.57. The molecule has 0 aromatic heterocycles. The van der Waals surface area contributed by atoms with Crippen LogP contribution in [0.1, 0.15) is 26.3 Å². The van der Waals surface area contributed by atoms with Gasteiger partial charge < -0.3 is 4.90 Å². The Bertz CT molecular complexity index is 825. The topological polar surface area (TPSA) is 67.9 Å². The van der Waals surface area contributed by atoms with Crippen molar-refractivity contribution in [3.63, 3.8) is 0 Å². The summed E-state index contributed by atoms with van der Waals surface area (Å²) in [4.78, 5) is 29.4. The van der Waals surface area contributed by atoms with Crippen LogP contribution in [0.4, 0.5) is 14.9 Å². The number of hydrazine groups is 1. The highest BCUT2D eigenvalue weighted by molar-refractivity contribution is 5.77. The van der Waals surface area contributed by atoms with E-state index in [1.54, 1.807) is 37.4 Å². The van der Waals surface area contributed by atoms with Crippen LogP contribution in [0.25, 0.3) is 0 Å². The fraction of sp³-hybridized carbons (Fsp3) is 0.429. The second-order valence-corrected chi connectivity index (χ2v) is 7.49. The second-order valence-electron chi connectivity index (χ2n) is 7.49. The number of benzene rings is 1. The number of urea groups is 1. The van der Waals surface area contributed by atoms with Gasteiger partial charge in [-0.3, -0.25) is 25.4 Å². The van der Waals surface area contributed by atoms with E-state index in [9.17, 15) is 14.0 Å². The van der Waals surface area contributed by atoms with Crippen LogP contribution in [0, 0.1) is 5.82 Å². The Morgan fingerprint density at radius 3 is 2.69 bits per heavy atom. The van der Waals surface area contributed by atoms with Gasteiger partial charge in [0.2, 0.25) is 5.91 Å². The lowest BCUT2D eigenvalue weighted by Gasteiger charge is -2.39. The summed E-state index contributed by atoms with van der Waals surface area (Å²) in [6.45, 7) is 7.93. The number of amides is 3. The van der Waals surface area contributed by atoms with E-state index in [4.69, 9.17) is 0 Å². The van der Waals surface area contributed by atoms with E-state index in [0.717, 1.165) is 0 Å². The van der Waals surface area contributed by atoms with Crippen molar-refractivity contribution in [1.29, 1.82) is 0 Å². The minimum Gasteiger partial charge on any atom is -0.340 e. The molecule has 1 fully saturated rings. The fourth-order valence-electron chi connectivity index (χ4n) is 3.57. The molecular weight excluding hydrogens is 373 g/mol. The molecule has 2 aliphatic rings. The van der Waals surface area contributed by atoms with Crippen LogP contribution in [0.3, 0.4) is 0 Å². The average Bonchev–Trinajstić information content (AvgIpc) is 2.70. The first-order valence-electron chi connectivity index (χ1n) is 9.83. The first-order chi connectivity index (χ1) is 13.9. The van der Waals surface area contributed by atoms with E-state index in [1.807, 2.05) is 30.9 Å². The van der Waals surface area contributed by atoms with Gasteiger partial charge in [0.1, 0.15) is 0 Å². The van der Waals surface area contributed by atoms with Gasteiger partial charge in [0.05, 0.1) is 11.7 Å². The van der Waals surface area contributed by atoms with Gasteiger partial charge in [0.15, 0.2) is 5.82 Å². The van der Waals surface area contributed by atoms with Crippen LogP contribution in [0.2, 0.25) is 0 Å². The number of hydrogen-bond donors (Lipinski definition) is 2. The lowest BCUT2D eigenvalue weighted by Crippen LogP contribution is -2.52. The summed E-state index contributed by atoms with van der Waals surface area (Å²) < 4.78 is 15.0. The van der Waals surface area contributed by atoms with Crippen molar-refractivity contribution in [2.24, 2.45) is 0 Å². The molecule has 0 aliphatic carbocycles. The summed E-state index contributed by atoms with van der Waals surface area (Å²) >= 11 is 0. The van der Waals surface area contributed by atoms with E-state index in [-0.39, 0.29) is 29.7 Å². The van der Waals surface area contributed by atoms with Crippen molar-refractivity contribution >= 4 is 17.6 Å². The predicted octanol–water partition coefficient (Wildman–Crippen LogP) is 2.69. The molecule has 3 amide bonds. The largest absolute Gasteiger partial charge is 0.340 e. The first-order valence-corrected chi connectivity index (χ1v) is 9.83. The molecule has 29 heavy (non-hydrogen) atoms. The van der Waals surface area contributed by atoms with Gasteiger partial charge >= 0.3 is 6.03 Å². The monoisotopic (exact) mass is 401 g/mol. The lowest BCUT2D eigenvalue weighted by molar-refractivity contribution is -0.131. The van der Waals surface area contributed by atoms with Crippen molar-refractivity contribution < 1.29 is 14.0 Å². The smallest absolute Gasteiger partial charge is 0.340 e. The number of carbonyl (C=O) groups excluding carboxylic acids is 2. The zero-order valence-corrected chi connectivity index (χ0v) is 17.1. The third kappa shape index (κ3) is 4.95. The summed E-state index contributed by atoms with van der Waals surface area (Å²) in [5.74, 6) is -0.325. The molecule has 0 spiro atoms. The lowest BCUT2D eigenvalue weighted by atomic mass is 10.1. The van der Waals surface area contributed by atoms with Gasteiger partial charge in [-0.1, -0.05) is 24.3 Å². The van der Waals surface area contributed by atoms with Crippen LogP contribution in [-0.2, 0) is 11.3 Å². The Hall–Kier alpha value is -2.87. The SMILES string of the molecule is CC(=O)N1CCN(Cc2cccc(NNC(=O)N3C=CC=CC3C)c2F)[C@@H](C)C1. The Kier molecular flexibility index (Phi) is 6.53. The minimum absolute atomic E-state index is 0.0676. The molecule has 2 N–H and O–H groups in total. The molecule has 0 saturated carbocycles. The number of rotatable bonds is 4. The Balaban J connectivity index is 1.61.